The lowest BCUT2D eigenvalue weighted by atomic mass is 10.2. The third kappa shape index (κ3) is 2.56. The number of nitrogens with two attached hydrogens (primary N) is 1. The predicted molar refractivity (Wildman–Crippen MR) is 47.4 cm³/mol. The van der Waals surface area contributed by atoms with E-state index in [2.05, 4.69) is 9.97 Å². The Morgan fingerprint density at radius 2 is 2.07 bits per heavy atom. The molecule has 0 saturated heterocycles. The van der Waals surface area contributed by atoms with E-state index in [4.69, 9.17) is 5.73 Å². The van der Waals surface area contributed by atoms with Gasteiger partial charge in [-0.1, -0.05) is 0 Å². The maximum Gasteiger partial charge on any atom is 0.433 e. The van der Waals surface area contributed by atoms with Crippen molar-refractivity contribution in [3.8, 4) is 0 Å². The Labute approximate surface area is 83.3 Å². The van der Waals surface area contributed by atoms with Crippen LogP contribution < -0.4 is 11.3 Å². The van der Waals surface area contributed by atoms with Crippen molar-refractivity contribution in [1.82, 2.24) is 9.97 Å². The first-order valence-corrected chi connectivity index (χ1v) is 4.23. The maximum absolute atomic E-state index is 12.4. The minimum Gasteiger partial charge on any atom is -0.330 e. The van der Waals surface area contributed by atoms with Crippen LogP contribution in [0.2, 0.25) is 0 Å². The molecule has 0 aliphatic rings. The highest BCUT2D eigenvalue weighted by atomic mass is 19.4. The summed E-state index contributed by atoms with van der Waals surface area (Å²) in [5.74, 6) is -0.0413. The largest absolute Gasteiger partial charge is 0.433 e. The Morgan fingerprint density at radius 1 is 1.47 bits per heavy atom. The molecule has 4 nitrogen and oxygen atoms in total. The summed E-state index contributed by atoms with van der Waals surface area (Å²) in [6.07, 6.45) is -4.50. The summed E-state index contributed by atoms with van der Waals surface area (Å²) < 4.78 is 37.2. The van der Waals surface area contributed by atoms with Gasteiger partial charge in [-0.05, 0) is 13.5 Å². The number of rotatable bonds is 2. The molecule has 0 aliphatic carbocycles. The van der Waals surface area contributed by atoms with Gasteiger partial charge in [0.2, 0.25) is 0 Å². The zero-order chi connectivity index (χ0) is 11.6. The average molecular weight is 221 g/mol. The van der Waals surface area contributed by atoms with Crippen LogP contribution in [0, 0.1) is 6.92 Å². The summed E-state index contributed by atoms with van der Waals surface area (Å²) >= 11 is 0. The van der Waals surface area contributed by atoms with E-state index in [1.54, 1.807) is 0 Å². The van der Waals surface area contributed by atoms with Gasteiger partial charge < -0.3 is 10.7 Å². The fourth-order valence-corrected chi connectivity index (χ4v) is 1.11. The number of aromatic amines is 1. The number of aromatic nitrogens is 2. The molecular weight excluding hydrogens is 211 g/mol. The van der Waals surface area contributed by atoms with Crippen LogP contribution in [0.25, 0.3) is 0 Å². The van der Waals surface area contributed by atoms with Crippen molar-refractivity contribution in [3.63, 3.8) is 0 Å². The molecule has 0 amide bonds. The normalized spacial score (nSPS) is 11.8. The standard InChI is InChI=1S/C8H10F3N3O/c1-4-6(8(9,10)11)13-5(2-3-12)14-7(4)15/h2-3,12H2,1H3,(H,13,14,15). The highest BCUT2D eigenvalue weighted by Crippen LogP contribution is 2.28. The molecule has 84 valence electrons. The van der Waals surface area contributed by atoms with Crippen LogP contribution in [0.4, 0.5) is 13.2 Å². The summed E-state index contributed by atoms with van der Waals surface area (Å²) in [7, 11) is 0. The van der Waals surface area contributed by atoms with Crippen LogP contribution in [-0.4, -0.2) is 16.5 Å². The van der Waals surface area contributed by atoms with Crippen molar-refractivity contribution in [2.75, 3.05) is 6.54 Å². The van der Waals surface area contributed by atoms with Crippen LogP contribution in [0.5, 0.6) is 0 Å². The SMILES string of the molecule is Cc1c(C(F)(F)F)nc(CCN)[nH]c1=O. The summed E-state index contributed by atoms with van der Waals surface area (Å²) in [5.41, 5.74) is 2.82. The van der Waals surface area contributed by atoms with E-state index < -0.39 is 23.0 Å². The summed E-state index contributed by atoms with van der Waals surface area (Å²) in [6, 6.07) is 0. The van der Waals surface area contributed by atoms with E-state index in [0.29, 0.717) is 0 Å². The van der Waals surface area contributed by atoms with Gasteiger partial charge in [0.15, 0.2) is 5.69 Å². The van der Waals surface area contributed by atoms with E-state index in [1.165, 1.54) is 0 Å². The molecule has 0 radical (unpaired) electrons. The molecule has 1 heterocycles. The molecule has 0 saturated carbocycles. The number of H-pyrrole nitrogens is 1. The van der Waals surface area contributed by atoms with Gasteiger partial charge >= 0.3 is 6.18 Å². The summed E-state index contributed by atoms with van der Waals surface area (Å²) in [4.78, 5) is 16.7. The van der Waals surface area contributed by atoms with E-state index in [-0.39, 0.29) is 18.8 Å². The van der Waals surface area contributed by atoms with E-state index in [9.17, 15) is 18.0 Å². The molecule has 0 unspecified atom stereocenters. The smallest absolute Gasteiger partial charge is 0.330 e. The number of alkyl halides is 3. The van der Waals surface area contributed by atoms with Gasteiger partial charge in [-0.15, -0.1) is 0 Å². The highest BCUT2D eigenvalue weighted by Gasteiger charge is 2.35. The van der Waals surface area contributed by atoms with Gasteiger partial charge in [0.1, 0.15) is 5.82 Å². The van der Waals surface area contributed by atoms with Crippen LogP contribution in [0.3, 0.4) is 0 Å². The molecular formula is C8H10F3N3O. The van der Waals surface area contributed by atoms with Crippen LogP contribution in [0.1, 0.15) is 17.1 Å². The van der Waals surface area contributed by atoms with Crippen molar-refractivity contribution in [2.45, 2.75) is 19.5 Å². The molecule has 1 aromatic heterocycles. The van der Waals surface area contributed by atoms with Crippen molar-refractivity contribution in [2.24, 2.45) is 5.73 Å². The lowest BCUT2D eigenvalue weighted by Crippen LogP contribution is -2.24. The molecule has 1 rings (SSSR count). The van der Waals surface area contributed by atoms with Crippen molar-refractivity contribution < 1.29 is 13.2 Å². The lowest BCUT2D eigenvalue weighted by Gasteiger charge is -2.09. The van der Waals surface area contributed by atoms with Gasteiger partial charge in [-0.25, -0.2) is 4.98 Å². The molecule has 0 spiro atoms. The fourth-order valence-electron chi connectivity index (χ4n) is 1.11. The van der Waals surface area contributed by atoms with Crippen molar-refractivity contribution in [3.05, 3.63) is 27.4 Å². The summed E-state index contributed by atoms with van der Waals surface area (Å²) in [5, 5.41) is 0. The number of halogens is 3. The number of hydrogen-bond acceptors (Lipinski definition) is 3. The molecule has 0 bridgehead atoms. The number of nitrogens with zero attached hydrogens (tertiary/aromatic N) is 1. The second-order valence-corrected chi connectivity index (χ2v) is 3.02. The van der Waals surface area contributed by atoms with Gasteiger partial charge in [0, 0.05) is 12.0 Å². The molecule has 3 N–H and O–H groups in total. The van der Waals surface area contributed by atoms with Crippen molar-refractivity contribution >= 4 is 0 Å². The van der Waals surface area contributed by atoms with Gasteiger partial charge in [-0.3, -0.25) is 4.79 Å². The maximum atomic E-state index is 12.4. The molecule has 15 heavy (non-hydrogen) atoms. The molecule has 0 aromatic carbocycles. The Morgan fingerprint density at radius 3 is 2.53 bits per heavy atom. The Hall–Kier alpha value is -1.37. The number of hydrogen-bond donors (Lipinski definition) is 2. The van der Waals surface area contributed by atoms with E-state index >= 15 is 0 Å². The lowest BCUT2D eigenvalue weighted by molar-refractivity contribution is -0.142. The predicted octanol–water partition coefficient (Wildman–Crippen LogP) is 0.598. The minimum absolute atomic E-state index is 0.0413. The van der Waals surface area contributed by atoms with Gasteiger partial charge in [-0.2, -0.15) is 13.2 Å². The first-order valence-electron chi connectivity index (χ1n) is 4.23. The van der Waals surface area contributed by atoms with Crippen molar-refractivity contribution in [1.29, 1.82) is 0 Å². The van der Waals surface area contributed by atoms with Crippen LogP contribution >= 0.6 is 0 Å². The monoisotopic (exact) mass is 221 g/mol. The van der Waals surface area contributed by atoms with Crippen LogP contribution in [0.15, 0.2) is 4.79 Å². The fraction of sp³-hybridized carbons (Fsp3) is 0.500. The molecule has 0 aliphatic heterocycles. The second-order valence-electron chi connectivity index (χ2n) is 3.02. The first-order chi connectivity index (χ1) is 6.86. The average Bonchev–Trinajstić information content (AvgIpc) is 2.09. The van der Waals surface area contributed by atoms with E-state index in [0.717, 1.165) is 6.92 Å². The van der Waals surface area contributed by atoms with Gasteiger partial charge in [0.25, 0.3) is 5.56 Å². The Bertz CT molecular complexity index is 411. The minimum atomic E-state index is -4.61. The number of nitrogens with one attached hydrogen (secondary N) is 1. The third-order valence-corrected chi connectivity index (χ3v) is 1.85. The zero-order valence-corrected chi connectivity index (χ0v) is 7.98. The quantitative estimate of drug-likeness (QED) is 0.768. The zero-order valence-electron chi connectivity index (χ0n) is 7.98. The highest BCUT2D eigenvalue weighted by molar-refractivity contribution is 5.19. The second kappa shape index (κ2) is 4.01. The molecule has 0 fully saturated rings. The summed E-state index contributed by atoms with van der Waals surface area (Å²) in [6.45, 7) is 1.21. The Balaban J connectivity index is 3.32. The van der Waals surface area contributed by atoms with Gasteiger partial charge in [0.05, 0.1) is 0 Å². The van der Waals surface area contributed by atoms with E-state index in [1.807, 2.05) is 0 Å². The van der Waals surface area contributed by atoms with Crippen LogP contribution in [-0.2, 0) is 12.6 Å². The first kappa shape index (κ1) is 11.7. The third-order valence-electron chi connectivity index (χ3n) is 1.85. The molecule has 7 heteroatoms. The Kier molecular flexibility index (Phi) is 3.13. The molecule has 1 aromatic rings. The molecule has 0 atom stereocenters. The topological polar surface area (TPSA) is 71.8 Å².